The first-order valence-electron chi connectivity index (χ1n) is 2.85. The monoisotopic (exact) mass is 485 g/mol. The van der Waals surface area contributed by atoms with Gasteiger partial charge in [0.2, 0.25) is 0 Å². The van der Waals surface area contributed by atoms with Crippen LogP contribution in [0.25, 0.3) is 0 Å². The van der Waals surface area contributed by atoms with Crippen molar-refractivity contribution in [2.45, 2.75) is 1.04 Å². The molecule has 0 N–H and O–H groups in total. The molecule has 1 rings (SSSR count). The van der Waals surface area contributed by atoms with E-state index in [1.54, 1.807) is 0 Å². The zero-order chi connectivity index (χ0) is 9.19. The first-order valence-corrected chi connectivity index (χ1v) is 7.73. The molecule has 0 aliphatic heterocycles. The van der Waals surface area contributed by atoms with Gasteiger partial charge in [-0.3, -0.25) is 0 Å². The van der Waals surface area contributed by atoms with Crippen molar-refractivity contribution in [2.75, 3.05) is 0 Å². The van der Waals surface area contributed by atoms with Crippen molar-refractivity contribution >= 4 is 83.1 Å². The van der Waals surface area contributed by atoms with Crippen molar-refractivity contribution in [3.05, 3.63) is 22.9 Å². The second-order valence-corrected chi connectivity index (χ2v) is 15.7. The number of rotatable bonds is 1. The Morgan fingerprint density at radius 3 is 2.33 bits per heavy atom. The number of hydrogen-bond donors (Lipinski definition) is 0. The summed E-state index contributed by atoms with van der Waals surface area (Å²) in [7, 11) is 0. The third kappa shape index (κ3) is 4.72. The summed E-state index contributed by atoms with van der Waals surface area (Å²) >= 11 is 13.9. The Balaban J connectivity index is 2.71. The number of halogens is 4. The summed E-state index contributed by atoms with van der Waals surface area (Å²) in [6.45, 7) is 0. The Labute approximate surface area is 111 Å². The summed E-state index contributed by atoms with van der Waals surface area (Å²) in [5.74, 6) is 0. The van der Waals surface area contributed by atoms with Crippen LogP contribution in [0.1, 0.15) is 0 Å². The van der Waals surface area contributed by atoms with E-state index in [-0.39, 0.29) is 16.0 Å². The fraction of sp³-hybridized carbons (Fsp3) is 0.167. The maximum absolute atomic E-state index is 4.13. The van der Waals surface area contributed by atoms with Crippen molar-refractivity contribution in [3.8, 4) is 0 Å². The van der Waals surface area contributed by atoms with Crippen LogP contribution in [0.4, 0.5) is 0 Å². The SMILES string of the molecule is Brc1ccc([Se]C(Br)(Br)Br)cn1. The van der Waals surface area contributed by atoms with Gasteiger partial charge in [0.1, 0.15) is 0 Å². The third-order valence-corrected chi connectivity index (χ3v) is 5.41. The number of alkyl halides is 3. The molecule has 0 saturated heterocycles. The van der Waals surface area contributed by atoms with Crippen LogP contribution in [0.15, 0.2) is 22.9 Å². The van der Waals surface area contributed by atoms with E-state index in [4.69, 9.17) is 0 Å². The van der Waals surface area contributed by atoms with Gasteiger partial charge in [-0.1, -0.05) is 0 Å². The average molecular weight is 488 g/mol. The van der Waals surface area contributed by atoms with Crippen molar-refractivity contribution in [2.24, 2.45) is 0 Å². The van der Waals surface area contributed by atoms with E-state index >= 15 is 0 Å². The Bertz CT molecular complexity index is 255. The maximum atomic E-state index is 4.13. The first-order chi connectivity index (χ1) is 5.47. The van der Waals surface area contributed by atoms with E-state index in [2.05, 4.69) is 74.8 Å². The van der Waals surface area contributed by atoms with Gasteiger partial charge in [-0.15, -0.1) is 0 Å². The molecule has 0 unspecified atom stereocenters. The van der Waals surface area contributed by atoms with Gasteiger partial charge < -0.3 is 0 Å². The van der Waals surface area contributed by atoms with Crippen LogP contribution < -0.4 is 4.46 Å². The van der Waals surface area contributed by atoms with Crippen LogP contribution in [0.5, 0.6) is 0 Å². The van der Waals surface area contributed by atoms with E-state index in [0.717, 1.165) is 4.60 Å². The predicted molar refractivity (Wildman–Crippen MR) is 66.8 cm³/mol. The summed E-state index contributed by atoms with van der Waals surface area (Å²) in [5, 5.41) is 0. The topological polar surface area (TPSA) is 12.9 Å². The summed E-state index contributed by atoms with van der Waals surface area (Å²) < 4.78 is 1.93. The van der Waals surface area contributed by atoms with Crippen molar-refractivity contribution in [3.63, 3.8) is 0 Å². The molecule has 0 amide bonds. The van der Waals surface area contributed by atoms with Crippen LogP contribution in [0, 0.1) is 0 Å². The molecule has 0 atom stereocenters. The molecule has 0 fully saturated rings. The fourth-order valence-corrected chi connectivity index (χ4v) is 4.77. The van der Waals surface area contributed by atoms with E-state index < -0.39 is 0 Å². The van der Waals surface area contributed by atoms with Crippen LogP contribution in [0.3, 0.4) is 0 Å². The number of pyridine rings is 1. The van der Waals surface area contributed by atoms with Crippen molar-refractivity contribution < 1.29 is 0 Å². The Kier molecular flexibility index (Phi) is 4.76. The number of hydrogen-bond acceptors (Lipinski definition) is 1. The van der Waals surface area contributed by atoms with Gasteiger partial charge in [-0.25, -0.2) is 0 Å². The molecule has 0 saturated carbocycles. The normalized spacial score (nSPS) is 11.7. The molecule has 1 nitrogen and oxygen atoms in total. The van der Waals surface area contributed by atoms with Gasteiger partial charge in [0.15, 0.2) is 0 Å². The van der Waals surface area contributed by atoms with Crippen molar-refractivity contribution in [1.29, 1.82) is 0 Å². The molecule has 0 bridgehead atoms. The fourth-order valence-electron chi connectivity index (χ4n) is 0.556. The van der Waals surface area contributed by atoms with Gasteiger partial charge >= 0.3 is 112 Å². The van der Waals surface area contributed by atoms with Crippen molar-refractivity contribution in [1.82, 2.24) is 4.98 Å². The molecule has 1 aromatic rings. The minimum atomic E-state index is -0.157. The van der Waals surface area contributed by atoms with E-state index in [9.17, 15) is 0 Å². The first kappa shape index (κ1) is 11.7. The molecular formula is C6H3Br4NSe. The zero-order valence-corrected chi connectivity index (χ0v) is 13.7. The van der Waals surface area contributed by atoms with Gasteiger partial charge in [0, 0.05) is 0 Å². The van der Waals surface area contributed by atoms with E-state index in [0.29, 0.717) is 0 Å². The molecule has 6 heteroatoms. The van der Waals surface area contributed by atoms with Crippen LogP contribution >= 0.6 is 63.7 Å². The molecule has 0 spiro atoms. The molecule has 0 radical (unpaired) electrons. The standard InChI is InChI=1S/C6H3Br4NSe/c7-5-2-1-4(3-11-5)12-6(8,9)10/h1-3H. The molecule has 1 aromatic heterocycles. The van der Waals surface area contributed by atoms with Gasteiger partial charge in [0.25, 0.3) is 0 Å². The van der Waals surface area contributed by atoms with Crippen LogP contribution in [-0.2, 0) is 0 Å². The molecule has 66 valence electrons. The Morgan fingerprint density at radius 1 is 1.25 bits per heavy atom. The quantitative estimate of drug-likeness (QED) is 0.337. The minimum absolute atomic E-state index is 0.157. The predicted octanol–water partition coefficient (Wildman–Crippen LogP) is 2.97. The second kappa shape index (κ2) is 4.89. The summed E-state index contributed by atoms with van der Waals surface area (Å²) in [6.07, 6.45) is 1.86. The number of nitrogens with zero attached hydrogens (tertiary/aromatic N) is 1. The van der Waals surface area contributed by atoms with E-state index in [1.165, 1.54) is 4.46 Å². The van der Waals surface area contributed by atoms with Crippen LogP contribution in [0.2, 0.25) is 0 Å². The summed E-state index contributed by atoms with van der Waals surface area (Å²) in [5.41, 5.74) is 0. The second-order valence-electron chi connectivity index (χ2n) is 1.86. The molecule has 12 heavy (non-hydrogen) atoms. The molecule has 0 aliphatic rings. The molecule has 1 heterocycles. The van der Waals surface area contributed by atoms with Crippen LogP contribution in [-0.4, -0.2) is 21.0 Å². The Morgan fingerprint density at radius 2 is 1.92 bits per heavy atom. The number of aromatic nitrogens is 1. The average Bonchev–Trinajstić information content (AvgIpc) is 1.91. The van der Waals surface area contributed by atoms with Gasteiger partial charge in [0.05, 0.1) is 0 Å². The molecular weight excluding hydrogens is 485 g/mol. The van der Waals surface area contributed by atoms with E-state index in [1.807, 2.05) is 12.3 Å². The zero-order valence-electron chi connectivity index (χ0n) is 5.60. The molecule has 0 aliphatic carbocycles. The van der Waals surface area contributed by atoms with Gasteiger partial charge in [-0.2, -0.15) is 0 Å². The summed E-state index contributed by atoms with van der Waals surface area (Å²) in [6, 6.07) is 3.99. The molecule has 0 aromatic carbocycles. The van der Waals surface area contributed by atoms with Gasteiger partial charge in [-0.05, 0) is 0 Å². The Hall–Kier alpha value is 1.59. The third-order valence-electron chi connectivity index (χ3n) is 0.934. The summed E-state index contributed by atoms with van der Waals surface area (Å²) in [4.78, 5) is 4.13.